The van der Waals surface area contributed by atoms with E-state index >= 15 is 0 Å². The molecule has 0 aliphatic rings. The summed E-state index contributed by atoms with van der Waals surface area (Å²) >= 11 is 1.11. The monoisotopic (exact) mass is 272 g/mol. The topological polar surface area (TPSA) is 82.3 Å². The second kappa shape index (κ2) is 5.99. The van der Waals surface area contributed by atoms with Crippen LogP contribution in [0.25, 0.3) is 0 Å². The van der Waals surface area contributed by atoms with Gasteiger partial charge in [-0.1, -0.05) is 11.8 Å². The average molecular weight is 272 g/mol. The van der Waals surface area contributed by atoms with Gasteiger partial charge in [0.1, 0.15) is 5.41 Å². The molecule has 1 aromatic heterocycles. The van der Waals surface area contributed by atoms with Crippen molar-refractivity contribution in [2.75, 3.05) is 12.4 Å². The summed E-state index contributed by atoms with van der Waals surface area (Å²) in [5.41, 5.74) is -1.15. The quantitative estimate of drug-likeness (QED) is 0.442. The number of ketones is 1. The molecule has 0 aliphatic heterocycles. The van der Waals surface area contributed by atoms with Gasteiger partial charge in [0.25, 0.3) is 5.22 Å². The molecular weight excluding hydrogens is 256 g/mol. The number of carbonyl (C=O) groups excluding carboxylic acids is 2. The van der Waals surface area contributed by atoms with Gasteiger partial charge in [0, 0.05) is 6.92 Å². The number of aromatic nitrogens is 2. The Kier molecular flexibility index (Phi) is 4.89. The van der Waals surface area contributed by atoms with Crippen LogP contribution in [0, 0.1) is 12.3 Å². The van der Waals surface area contributed by atoms with Gasteiger partial charge in [0.15, 0.2) is 5.78 Å². The van der Waals surface area contributed by atoms with Crippen LogP contribution in [0.15, 0.2) is 9.64 Å². The molecule has 0 radical (unpaired) electrons. The minimum Gasteiger partial charge on any atom is -0.465 e. The zero-order valence-electron chi connectivity index (χ0n) is 10.8. The summed E-state index contributed by atoms with van der Waals surface area (Å²) in [5, 5.41) is 7.73. The van der Waals surface area contributed by atoms with E-state index in [2.05, 4.69) is 10.2 Å². The molecule has 7 heteroatoms. The third-order valence-corrected chi connectivity index (χ3v) is 3.14. The zero-order valence-corrected chi connectivity index (χ0v) is 11.7. The Morgan fingerprint density at radius 3 is 2.56 bits per heavy atom. The fourth-order valence-electron chi connectivity index (χ4n) is 1.07. The van der Waals surface area contributed by atoms with Crippen molar-refractivity contribution in [3.8, 4) is 0 Å². The number of hydrogen-bond acceptors (Lipinski definition) is 7. The van der Waals surface area contributed by atoms with E-state index in [1.54, 1.807) is 27.7 Å². The standard InChI is InChI=1S/C11H16N2O4S/c1-5-16-9(15)11(3,4)8(14)6-18-10-13-12-7(2)17-10/h5-6H2,1-4H3. The normalized spacial score (nSPS) is 11.3. The number of thioether (sulfide) groups is 1. The molecule has 0 bridgehead atoms. The van der Waals surface area contributed by atoms with Crippen LogP contribution >= 0.6 is 11.8 Å². The third-order valence-electron chi connectivity index (χ3n) is 2.32. The first-order valence-electron chi connectivity index (χ1n) is 5.51. The molecule has 0 aromatic carbocycles. The van der Waals surface area contributed by atoms with E-state index < -0.39 is 11.4 Å². The predicted molar refractivity (Wildman–Crippen MR) is 65.2 cm³/mol. The SMILES string of the molecule is CCOC(=O)C(C)(C)C(=O)CSc1nnc(C)o1. The Labute approximate surface area is 109 Å². The molecule has 0 aliphatic carbocycles. The number of Topliss-reactive ketones (excluding diaryl/α,β-unsaturated/α-hetero) is 1. The molecule has 1 rings (SSSR count). The molecule has 0 unspecified atom stereocenters. The minimum absolute atomic E-state index is 0.0907. The smallest absolute Gasteiger partial charge is 0.319 e. The van der Waals surface area contributed by atoms with E-state index in [0.29, 0.717) is 11.1 Å². The van der Waals surface area contributed by atoms with E-state index in [1.165, 1.54) is 0 Å². The van der Waals surface area contributed by atoms with Gasteiger partial charge in [-0.15, -0.1) is 10.2 Å². The largest absolute Gasteiger partial charge is 0.465 e. The first kappa shape index (κ1) is 14.7. The van der Waals surface area contributed by atoms with Crippen LogP contribution in [0.3, 0.4) is 0 Å². The van der Waals surface area contributed by atoms with Crippen LogP contribution in [-0.4, -0.2) is 34.3 Å². The average Bonchev–Trinajstić information content (AvgIpc) is 2.72. The first-order chi connectivity index (χ1) is 8.37. The number of ether oxygens (including phenoxy) is 1. The second-order valence-electron chi connectivity index (χ2n) is 4.14. The molecule has 0 amide bonds. The molecule has 0 spiro atoms. The Balaban J connectivity index is 2.56. The van der Waals surface area contributed by atoms with Crippen molar-refractivity contribution >= 4 is 23.5 Å². The van der Waals surface area contributed by atoms with Crippen molar-refractivity contribution in [2.24, 2.45) is 5.41 Å². The van der Waals surface area contributed by atoms with Gasteiger partial charge in [0.2, 0.25) is 5.89 Å². The lowest BCUT2D eigenvalue weighted by atomic mass is 9.89. The molecule has 0 saturated carbocycles. The van der Waals surface area contributed by atoms with Crippen molar-refractivity contribution < 1.29 is 18.7 Å². The van der Waals surface area contributed by atoms with E-state index in [9.17, 15) is 9.59 Å². The van der Waals surface area contributed by atoms with Gasteiger partial charge >= 0.3 is 5.97 Å². The third kappa shape index (κ3) is 3.56. The van der Waals surface area contributed by atoms with Crippen molar-refractivity contribution in [2.45, 2.75) is 32.9 Å². The number of esters is 1. The minimum atomic E-state index is -1.15. The predicted octanol–water partition coefficient (Wildman–Crippen LogP) is 1.63. The van der Waals surface area contributed by atoms with Crippen molar-refractivity contribution in [1.29, 1.82) is 0 Å². The van der Waals surface area contributed by atoms with Crippen molar-refractivity contribution in [1.82, 2.24) is 10.2 Å². The number of aryl methyl sites for hydroxylation is 1. The summed E-state index contributed by atoms with van der Waals surface area (Å²) in [5.74, 6) is -0.221. The summed E-state index contributed by atoms with van der Waals surface area (Å²) in [6.45, 7) is 6.72. The van der Waals surface area contributed by atoms with Gasteiger partial charge in [0.05, 0.1) is 12.4 Å². The molecule has 100 valence electrons. The van der Waals surface area contributed by atoms with Crippen LogP contribution < -0.4 is 0 Å². The molecule has 0 atom stereocenters. The highest BCUT2D eigenvalue weighted by molar-refractivity contribution is 7.99. The van der Waals surface area contributed by atoms with Crippen LogP contribution in [-0.2, 0) is 14.3 Å². The summed E-state index contributed by atoms with van der Waals surface area (Å²) in [4.78, 5) is 23.6. The molecule has 18 heavy (non-hydrogen) atoms. The maximum atomic E-state index is 11.9. The number of carbonyl (C=O) groups is 2. The van der Waals surface area contributed by atoms with Crippen LogP contribution in [0.2, 0.25) is 0 Å². The maximum absolute atomic E-state index is 11.9. The van der Waals surface area contributed by atoms with Gasteiger partial charge in [-0.25, -0.2) is 0 Å². The Morgan fingerprint density at radius 2 is 2.06 bits per heavy atom. The van der Waals surface area contributed by atoms with Crippen molar-refractivity contribution in [3.05, 3.63) is 5.89 Å². The molecule has 0 saturated heterocycles. The van der Waals surface area contributed by atoms with Gasteiger partial charge in [-0.05, 0) is 20.8 Å². The van der Waals surface area contributed by atoms with Gasteiger partial charge < -0.3 is 9.15 Å². The number of rotatable bonds is 6. The number of hydrogen-bond donors (Lipinski definition) is 0. The summed E-state index contributed by atoms with van der Waals surface area (Å²) in [7, 11) is 0. The highest BCUT2D eigenvalue weighted by atomic mass is 32.2. The summed E-state index contributed by atoms with van der Waals surface area (Å²) < 4.78 is 9.99. The lowest BCUT2D eigenvalue weighted by Gasteiger charge is -2.19. The number of nitrogens with zero attached hydrogens (tertiary/aromatic N) is 2. The Bertz CT molecular complexity index is 442. The second-order valence-corrected chi connectivity index (χ2v) is 5.07. The zero-order chi connectivity index (χ0) is 13.8. The maximum Gasteiger partial charge on any atom is 0.319 e. The van der Waals surface area contributed by atoms with E-state index in [-0.39, 0.29) is 18.1 Å². The molecular formula is C11H16N2O4S. The molecule has 1 heterocycles. The first-order valence-corrected chi connectivity index (χ1v) is 6.50. The molecule has 0 fully saturated rings. The van der Waals surface area contributed by atoms with Crippen molar-refractivity contribution in [3.63, 3.8) is 0 Å². The lowest BCUT2D eigenvalue weighted by molar-refractivity contribution is -0.157. The van der Waals surface area contributed by atoms with E-state index in [4.69, 9.17) is 9.15 Å². The van der Waals surface area contributed by atoms with Crippen LogP contribution in [0.1, 0.15) is 26.7 Å². The molecule has 6 nitrogen and oxygen atoms in total. The Morgan fingerprint density at radius 1 is 1.39 bits per heavy atom. The lowest BCUT2D eigenvalue weighted by Crippen LogP contribution is -2.36. The van der Waals surface area contributed by atoms with E-state index in [1.807, 2.05) is 0 Å². The molecule has 0 N–H and O–H groups in total. The Hall–Kier alpha value is -1.37. The van der Waals surface area contributed by atoms with Gasteiger partial charge in [-0.2, -0.15) is 0 Å². The summed E-state index contributed by atoms with van der Waals surface area (Å²) in [6, 6.07) is 0. The highest BCUT2D eigenvalue weighted by Gasteiger charge is 2.37. The van der Waals surface area contributed by atoms with E-state index in [0.717, 1.165) is 11.8 Å². The highest BCUT2D eigenvalue weighted by Crippen LogP contribution is 2.24. The van der Waals surface area contributed by atoms with Crippen LogP contribution in [0.5, 0.6) is 0 Å². The summed E-state index contributed by atoms with van der Waals surface area (Å²) in [6.07, 6.45) is 0. The van der Waals surface area contributed by atoms with Gasteiger partial charge in [-0.3, -0.25) is 9.59 Å². The fourth-order valence-corrected chi connectivity index (χ4v) is 1.96. The fraction of sp³-hybridized carbons (Fsp3) is 0.636. The van der Waals surface area contributed by atoms with Crippen LogP contribution in [0.4, 0.5) is 0 Å². The molecule has 1 aromatic rings.